The van der Waals surface area contributed by atoms with Gasteiger partial charge in [-0.15, -0.1) is 0 Å². The summed E-state index contributed by atoms with van der Waals surface area (Å²) in [5.41, 5.74) is 23.1. The summed E-state index contributed by atoms with van der Waals surface area (Å²) in [5.74, 6) is 1.44. The maximum Gasteiger partial charge on any atom is 0.138 e. The van der Waals surface area contributed by atoms with Crippen LogP contribution in [0.25, 0.3) is 44.1 Å². The quantitative estimate of drug-likeness (QED) is 0.100. The Balaban J connectivity index is 0.000000167. The molecule has 0 saturated carbocycles. The number of aromatic nitrogens is 6. The van der Waals surface area contributed by atoms with Crippen LogP contribution in [0.15, 0.2) is 134 Å². The number of hydrogen-bond acceptors (Lipinski definition) is 8. The lowest BCUT2D eigenvalue weighted by Gasteiger charge is -2.14. The second-order valence-electron chi connectivity index (χ2n) is 13.5. The van der Waals surface area contributed by atoms with Gasteiger partial charge in [-0.1, -0.05) is 72.8 Å². The van der Waals surface area contributed by atoms with Gasteiger partial charge in [0.1, 0.15) is 24.7 Å². The summed E-state index contributed by atoms with van der Waals surface area (Å²) in [5, 5.41) is 16.8. The molecule has 0 fully saturated rings. The summed E-state index contributed by atoms with van der Waals surface area (Å²) in [6.07, 6.45) is 8.69. The molecule has 0 aliphatic heterocycles. The van der Waals surface area contributed by atoms with Gasteiger partial charge < -0.3 is 20.9 Å². The molecule has 4 aromatic heterocycles. The van der Waals surface area contributed by atoms with E-state index in [1.165, 1.54) is 11.1 Å². The van der Waals surface area contributed by atoms with E-state index in [1.807, 2.05) is 99.0 Å². The molecule has 8 rings (SSSR count). The Morgan fingerprint density at radius 3 is 1.37 bits per heavy atom. The van der Waals surface area contributed by atoms with Gasteiger partial charge in [-0.25, -0.2) is 0 Å². The normalized spacial score (nSPS) is 12.2. The van der Waals surface area contributed by atoms with E-state index in [0.717, 1.165) is 79.8 Å². The minimum Gasteiger partial charge on any atom is -0.490 e. The van der Waals surface area contributed by atoms with Crippen molar-refractivity contribution in [3.63, 3.8) is 0 Å². The van der Waals surface area contributed by atoms with Crippen LogP contribution in [0.4, 0.5) is 0 Å². The summed E-state index contributed by atoms with van der Waals surface area (Å²) in [6, 6.07) is 36.6. The fourth-order valence-corrected chi connectivity index (χ4v) is 6.30. The first-order valence-corrected chi connectivity index (χ1v) is 18.0. The van der Waals surface area contributed by atoms with E-state index in [1.54, 1.807) is 12.4 Å². The van der Waals surface area contributed by atoms with Crippen molar-refractivity contribution in [1.82, 2.24) is 30.4 Å². The van der Waals surface area contributed by atoms with Gasteiger partial charge in [0, 0.05) is 57.8 Å². The average Bonchev–Trinajstić information content (AvgIpc) is 3.78. The van der Waals surface area contributed by atoms with Crippen molar-refractivity contribution in [2.24, 2.45) is 11.5 Å². The first-order valence-electron chi connectivity index (χ1n) is 18.0. The van der Waals surface area contributed by atoms with Gasteiger partial charge in [-0.05, 0) is 85.3 Å². The highest BCUT2D eigenvalue weighted by molar-refractivity contribution is 5.87. The third-order valence-corrected chi connectivity index (χ3v) is 9.19. The fraction of sp³-hybridized carbons (Fsp3) is 0.182. The number of aromatic amines is 2. The summed E-state index contributed by atoms with van der Waals surface area (Å²) >= 11 is 0. The highest BCUT2D eigenvalue weighted by Crippen LogP contribution is 2.28. The average molecular weight is 717 g/mol. The largest absolute Gasteiger partial charge is 0.490 e. The molecule has 0 spiro atoms. The molecule has 10 nitrogen and oxygen atoms in total. The zero-order valence-electron chi connectivity index (χ0n) is 30.4. The Morgan fingerprint density at radius 2 is 0.944 bits per heavy atom. The maximum absolute atomic E-state index is 6.21. The van der Waals surface area contributed by atoms with Crippen LogP contribution >= 0.6 is 0 Å². The number of fused-ring (bicyclic) bond motifs is 2. The molecule has 0 saturated heterocycles. The van der Waals surface area contributed by atoms with Crippen molar-refractivity contribution in [3.05, 3.63) is 156 Å². The number of rotatable bonds is 12. The van der Waals surface area contributed by atoms with E-state index >= 15 is 0 Å². The third-order valence-electron chi connectivity index (χ3n) is 9.19. The highest BCUT2D eigenvalue weighted by atomic mass is 16.5. The van der Waals surface area contributed by atoms with Crippen molar-refractivity contribution < 1.29 is 9.47 Å². The van der Waals surface area contributed by atoms with Crippen molar-refractivity contribution in [2.45, 2.75) is 38.8 Å². The van der Waals surface area contributed by atoms with Gasteiger partial charge in [0.25, 0.3) is 0 Å². The maximum atomic E-state index is 6.21. The monoisotopic (exact) mass is 716 g/mol. The van der Waals surface area contributed by atoms with E-state index in [9.17, 15) is 0 Å². The third kappa shape index (κ3) is 9.16. The number of hydrogen-bond donors (Lipinski definition) is 4. The molecule has 0 amide bonds. The number of pyridine rings is 2. The van der Waals surface area contributed by atoms with E-state index in [0.29, 0.717) is 13.2 Å². The Bertz CT molecular complexity index is 2260. The first-order chi connectivity index (χ1) is 26.4. The lowest BCUT2D eigenvalue weighted by atomic mass is 10.0. The van der Waals surface area contributed by atoms with Crippen molar-refractivity contribution >= 4 is 21.8 Å². The van der Waals surface area contributed by atoms with Gasteiger partial charge in [-0.3, -0.25) is 20.2 Å². The summed E-state index contributed by atoms with van der Waals surface area (Å²) in [6.45, 7) is 4.93. The summed E-state index contributed by atoms with van der Waals surface area (Å²) in [4.78, 5) is 8.65. The van der Waals surface area contributed by atoms with Crippen LogP contribution in [0.1, 0.15) is 22.5 Å². The molecule has 2 atom stereocenters. The SMILES string of the molecule is Cc1[nH]nc2ccc(-c3cncc(OC[C@@H](N)Cc4ccccc4)c3)cc12.Cc1[nH]nc2ccc(-c3cncc(OC[C@@H](N)Cc4ccccc4)c3)cc12. The zero-order chi connectivity index (χ0) is 37.3. The highest BCUT2D eigenvalue weighted by Gasteiger charge is 2.10. The lowest BCUT2D eigenvalue weighted by molar-refractivity contribution is 0.286. The molecule has 6 N–H and O–H groups in total. The van der Waals surface area contributed by atoms with Crippen LogP contribution in [0.2, 0.25) is 0 Å². The standard InChI is InChI=1S/2C22H22N4O/c2*1-15-21-11-17(7-8-22(21)26-25-15)18-10-20(13-24-12-18)27-14-19(23)9-16-5-3-2-4-6-16/h2*2-8,10-13,19H,9,14,23H2,1H3,(H,25,26)/t2*19-/m00/s1. The Morgan fingerprint density at radius 1 is 0.519 bits per heavy atom. The molecule has 54 heavy (non-hydrogen) atoms. The van der Waals surface area contributed by atoms with E-state index in [2.05, 4.69) is 66.8 Å². The summed E-state index contributed by atoms with van der Waals surface area (Å²) < 4.78 is 11.8. The molecule has 10 heteroatoms. The van der Waals surface area contributed by atoms with Gasteiger partial charge >= 0.3 is 0 Å². The fourth-order valence-electron chi connectivity index (χ4n) is 6.30. The molecule has 0 bridgehead atoms. The van der Waals surface area contributed by atoms with E-state index in [4.69, 9.17) is 20.9 Å². The Kier molecular flexibility index (Phi) is 11.3. The first kappa shape index (κ1) is 36.0. The minimum atomic E-state index is -0.0685. The smallest absolute Gasteiger partial charge is 0.138 e. The van der Waals surface area contributed by atoms with Crippen LogP contribution in [0.5, 0.6) is 11.5 Å². The molecule has 4 aromatic carbocycles. The van der Waals surface area contributed by atoms with Crippen LogP contribution in [-0.4, -0.2) is 55.7 Å². The molecule has 272 valence electrons. The molecule has 0 radical (unpaired) electrons. The number of nitrogens with zero attached hydrogens (tertiary/aromatic N) is 4. The van der Waals surface area contributed by atoms with Crippen molar-refractivity contribution in [2.75, 3.05) is 13.2 Å². The van der Waals surface area contributed by atoms with E-state index < -0.39 is 0 Å². The van der Waals surface area contributed by atoms with Crippen molar-refractivity contribution in [1.29, 1.82) is 0 Å². The van der Waals surface area contributed by atoms with Gasteiger partial charge in [0.2, 0.25) is 0 Å². The molecule has 0 unspecified atom stereocenters. The Hall–Kier alpha value is -6.36. The van der Waals surface area contributed by atoms with Gasteiger partial charge in [0.15, 0.2) is 0 Å². The summed E-state index contributed by atoms with van der Waals surface area (Å²) in [7, 11) is 0. The number of ether oxygens (including phenoxy) is 2. The van der Waals surface area contributed by atoms with E-state index in [-0.39, 0.29) is 12.1 Å². The van der Waals surface area contributed by atoms with Gasteiger partial charge in [0.05, 0.1) is 23.4 Å². The molecular formula is C44H44N8O2. The topological polar surface area (TPSA) is 154 Å². The van der Waals surface area contributed by atoms with Crippen LogP contribution in [0, 0.1) is 13.8 Å². The minimum absolute atomic E-state index is 0.0685. The molecule has 0 aliphatic carbocycles. The van der Waals surface area contributed by atoms with Gasteiger partial charge in [-0.2, -0.15) is 10.2 Å². The van der Waals surface area contributed by atoms with Crippen LogP contribution in [-0.2, 0) is 12.8 Å². The molecule has 4 heterocycles. The molecular weight excluding hydrogens is 673 g/mol. The number of aryl methyl sites for hydroxylation is 2. The number of nitrogens with two attached hydrogens (primary N) is 2. The van der Waals surface area contributed by atoms with Crippen molar-refractivity contribution in [3.8, 4) is 33.8 Å². The predicted octanol–water partition coefficient (Wildman–Crippen LogP) is 7.76. The zero-order valence-corrected chi connectivity index (χ0v) is 30.4. The number of nitrogens with one attached hydrogen (secondary N) is 2. The van der Waals surface area contributed by atoms with Crippen LogP contribution in [0.3, 0.4) is 0 Å². The molecule has 8 aromatic rings. The lowest BCUT2D eigenvalue weighted by Crippen LogP contribution is -2.30. The Labute approximate surface area is 314 Å². The molecule has 0 aliphatic rings. The second-order valence-corrected chi connectivity index (χ2v) is 13.5. The van der Waals surface area contributed by atoms with Crippen LogP contribution < -0.4 is 20.9 Å². The number of H-pyrrole nitrogens is 2. The number of benzene rings is 4. The second kappa shape index (κ2) is 17.0. The predicted molar refractivity (Wildman–Crippen MR) is 215 cm³/mol.